The van der Waals surface area contributed by atoms with Crippen LogP contribution < -0.4 is 10.2 Å². The van der Waals surface area contributed by atoms with Crippen molar-refractivity contribution in [3.05, 3.63) is 52.5 Å². The zero-order valence-electron chi connectivity index (χ0n) is 9.18. The van der Waals surface area contributed by atoms with Gasteiger partial charge in [-0.2, -0.15) is 0 Å². The molecule has 3 nitrogen and oxygen atoms in total. The van der Waals surface area contributed by atoms with Crippen LogP contribution in [0, 0.1) is 0 Å². The SMILES string of the molecule is OB(O)c1cccc(Oc2ccc(Cl)c(Cl)c2)c1. The van der Waals surface area contributed by atoms with Crippen LogP contribution in [0.15, 0.2) is 42.5 Å². The third kappa shape index (κ3) is 3.18. The molecule has 0 radical (unpaired) electrons. The van der Waals surface area contributed by atoms with Crippen LogP contribution in [0.3, 0.4) is 0 Å². The smallest absolute Gasteiger partial charge is 0.457 e. The molecule has 2 N–H and O–H groups in total. The highest BCUT2D eigenvalue weighted by Gasteiger charge is 2.11. The van der Waals surface area contributed by atoms with E-state index in [1.807, 2.05) is 0 Å². The van der Waals surface area contributed by atoms with Crippen LogP contribution in [0.1, 0.15) is 0 Å². The summed E-state index contributed by atoms with van der Waals surface area (Å²) in [6.07, 6.45) is 0. The molecule has 0 saturated carbocycles. The lowest BCUT2D eigenvalue weighted by Crippen LogP contribution is -2.29. The Morgan fingerprint density at radius 3 is 2.28 bits per heavy atom. The van der Waals surface area contributed by atoms with E-state index in [1.165, 1.54) is 6.07 Å². The Bertz CT molecular complexity index is 561. The molecule has 92 valence electrons. The van der Waals surface area contributed by atoms with E-state index in [2.05, 4.69) is 0 Å². The Morgan fingerprint density at radius 1 is 0.889 bits per heavy atom. The normalized spacial score (nSPS) is 10.2. The molecule has 0 amide bonds. The molecule has 0 aliphatic heterocycles. The molecule has 0 saturated heterocycles. The van der Waals surface area contributed by atoms with E-state index in [9.17, 15) is 0 Å². The second-order valence-corrected chi connectivity index (χ2v) is 4.44. The molecule has 18 heavy (non-hydrogen) atoms. The average Bonchev–Trinajstić information content (AvgIpc) is 2.34. The van der Waals surface area contributed by atoms with Crippen LogP contribution in [0.2, 0.25) is 10.0 Å². The average molecular weight is 283 g/mol. The van der Waals surface area contributed by atoms with E-state index in [0.717, 1.165) is 0 Å². The number of ether oxygens (including phenoxy) is 1. The Hall–Kier alpha value is -1.20. The molecule has 0 spiro atoms. The molecule has 0 fully saturated rings. The molecule has 0 aromatic heterocycles. The molecule has 0 unspecified atom stereocenters. The number of hydrogen-bond donors (Lipinski definition) is 2. The maximum atomic E-state index is 9.06. The lowest BCUT2D eigenvalue weighted by Gasteiger charge is -2.08. The first kappa shape index (κ1) is 13.2. The lowest BCUT2D eigenvalue weighted by molar-refractivity contribution is 0.425. The number of halogens is 2. The number of rotatable bonds is 3. The van der Waals surface area contributed by atoms with E-state index < -0.39 is 7.12 Å². The fourth-order valence-electron chi connectivity index (χ4n) is 1.42. The molecule has 0 atom stereocenters. The van der Waals surface area contributed by atoms with E-state index in [1.54, 1.807) is 36.4 Å². The molecule has 6 heteroatoms. The van der Waals surface area contributed by atoms with Crippen molar-refractivity contribution in [3.63, 3.8) is 0 Å². The molecule has 0 heterocycles. The van der Waals surface area contributed by atoms with Crippen molar-refractivity contribution in [2.24, 2.45) is 0 Å². The van der Waals surface area contributed by atoms with Crippen molar-refractivity contribution < 1.29 is 14.8 Å². The van der Waals surface area contributed by atoms with Gasteiger partial charge in [-0.1, -0.05) is 35.3 Å². The van der Waals surface area contributed by atoms with Crippen LogP contribution in [0.25, 0.3) is 0 Å². The topological polar surface area (TPSA) is 49.7 Å². The van der Waals surface area contributed by atoms with E-state index in [0.29, 0.717) is 27.0 Å². The van der Waals surface area contributed by atoms with Gasteiger partial charge in [0.15, 0.2) is 0 Å². The van der Waals surface area contributed by atoms with Gasteiger partial charge < -0.3 is 14.8 Å². The van der Waals surface area contributed by atoms with Gasteiger partial charge in [0, 0.05) is 6.07 Å². The largest absolute Gasteiger partial charge is 0.488 e. The summed E-state index contributed by atoms with van der Waals surface area (Å²) in [5.74, 6) is 1.01. The zero-order chi connectivity index (χ0) is 13.1. The van der Waals surface area contributed by atoms with Crippen LogP contribution in [0.4, 0.5) is 0 Å². The first-order valence-electron chi connectivity index (χ1n) is 5.15. The van der Waals surface area contributed by atoms with Crippen LogP contribution >= 0.6 is 23.2 Å². The minimum atomic E-state index is -1.53. The van der Waals surface area contributed by atoms with Crippen molar-refractivity contribution in [1.82, 2.24) is 0 Å². The van der Waals surface area contributed by atoms with Crippen molar-refractivity contribution in [2.45, 2.75) is 0 Å². The summed E-state index contributed by atoms with van der Waals surface area (Å²) in [5.41, 5.74) is 0.354. The fraction of sp³-hybridized carbons (Fsp3) is 0. The lowest BCUT2D eigenvalue weighted by atomic mass is 9.80. The number of hydrogen-bond acceptors (Lipinski definition) is 3. The molecular formula is C12H9BCl2O3. The summed E-state index contributed by atoms with van der Waals surface area (Å²) in [7, 11) is -1.53. The molecule has 2 rings (SSSR count). The molecule has 0 aliphatic carbocycles. The highest BCUT2D eigenvalue weighted by molar-refractivity contribution is 6.58. The fourth-order valence-corrected chi connectivity index (χ4v) is 1.70. The summed E-state index contributed by atoms with van der Waals surface area (Å²) >= 11 is 11.7. The van der Waals surface area contributed by atoms with Crippen LogP contribution in [0.5, 0.6) is 11.5 Å². The Balaban J connectivity index is 2.23. The zero-order valence-corrected chi connectivity index (χ0v) is 10.7. The molecule has 0 aliphatic rings. The van der Waals surface area contributed by atoms with Gasteiger partial charge >= 0.3 is 7.12 Å². The first-order chi connectivity index (χ1) is 8.56. The second kappa shape index (κ2) is 5.63. The van der Waals surface area contributed by atoms with E-state index in [-0.39, 0.29) is 0 Å². The van der Waals surface area contributed by atoms with Crippen molar-refractivity contribution in [1.29, 1.82) is 0 Å². The van der Waals surface area contributed by atoms with Crippen LogP contribution in [-0.2, 0) is 0 Å². The van der Waals surface area contributed by atoms with Crippen molar-refractivity contribution in [3.8, 4) is 11.5 Å². The predicted molar refractivity (Wildman–Crippen MR) is 72.8 cm³/mol. The Kier molecular flexibility index (Phi) is 4.14. The summed E-state index contributed by atoms with van der Waals surface area (Å²) in [5, 5.41) is 19.0. The Labute approximate surface area is 115 Å². The minimum absolute atomic E-state index is 0.354. The van der Waals surface area contributed by atoms with Crippen LogP contribution in [-0.4, -0.2) is 17.2 Å². The maximum Gasteiger partial charge on any atom is 0.488 e. The molecular weight excluding hydrogens is 274 g/mol. The quantitative estimate of drug-likeness (QED) is 0.851. The standard InChI is InChI=1S/C12H9BCl2O3/c14-11-5-4-10(7-12(11)15)18-9-3-1-2-8(6-9)13(16)17/h1-7,16-17H. The first-order valence-corrected chi connectivity index (χ1v) is 5.91. The summed E-state index contributed by atoms with van der Waals surface area (Å²) < 4.78 is 5.54. The van der Waals surface area contributed by atoms with E-state index in [4.69, 9.17) is 38.0 Å². The third-order valence-corrected chi connectivity index (χ3v) is 3.02. The predicted octanol–water partition coefficient (Wildman–Crippen LogP) is 2.47. The van der Waals surface area contributed by atoms with Gasteiger partial charge in [-0.3, -0.25) is 0 Å². The number of benzene rings is 2. The summed E-state index contributed by atoms with van der Waals surface area (Å²) in [4.78, 5) is 0. The molecule has 0 bridgehead atoms. The second-order valence-electron chi connectivity index (χ2n) is 3.62. The Morgan fingerprint density at radius 2 is 1.61 bits per heavy atom. The van der Waals surface area contributed by atoms with Gasteiger partial charge in [-0.15, -0.1) is 0 Å². The minimum Gasteiger partial charge on any atom is -0.457 e. The van der Waals surface area contributed by atoms with E-state index >= 15 is 0 Å². The van der Waals surface area contributed by atoms with Crippen molar-refractivity contribution in [2.75, 3.05) is 0 Å². The third-order valence-electron chi connectivity index (χ3n) is 2.28. The molecule has 2 aromatic rings. The van der Waals surface area contributed by atoms with Gasteiger partial charge in [0.25, 0.3) is 0 Å². The molecule has 2 aromatic carbocycles. The summed E-state index contributed by atoms with van der Waals surface area (Å²) in [6.45, 7) is 0. The van der Waals surface area contributed by atoms with Gasteiger partial charge in [-0.05, 0) is 29.7 Å². The van der Waals surface area contributed by atoms with Crippen molar-refractivity contribution >= 4 is 35.8 Å². The summed E-state index contributed by atoms with van der Waals surface area (Å²) in [6, 6.07) is 11.4. The highest BCUT2D eigenvalue weighted by Crippen LogP contribution is 2.29. The highest BCUT2D eigenvalue weighted by atomic mass is 35.5. The van der Waals surface area contributed by atoms with Gasteiger partial charge in [0.2, 0.25) is 0 Å². The van der Waals surface area contributed by atoms with Gasteiger partial charge in [-0.25, -0.2) is 0 Å². The maximum absolute atomic E-state index is 9.06. The monoisotopic (exact) mass is 282 g/mol. The van der Waals surface area contributed by atoms with Gasteiger partial charge in [0.1, 0.15) is 11.5 Å². The van der Waals surface area contributed by atoms with Gasteiger partial charge in [0.05, 0.1) is 10.0 Å².